The van der Waals surface area contributed by atoms with Crippen molar-refractivity contribution < 1.29 is 0 Å². The lowest BCUT2D eigenvalue weighted by atomic mass is 10.1. The normalized spacial score (nSPS) is 18.6. The fourth-order valence-corrected chi connectivity index (χ4v) is 4.09. The molecule has 1 fully saturated rings. The van der Waals surface area contributed by atoms with Gasteiger partial charge in [-0.3, -0.25) is 15.0 Å². The first-order valence-corrected chi connectivity index (χ1v) is 12.1. The van der Waals surface area contributed by atoms with Gasteiger partial charge in [0.2, 0.25) is 0 Å². The molecule has 7 heteroatoms. The quantitative estimate of drug-likeness (QED) is 0.279. The van der Waals surface area contributed by atoms with Gasteiger partial charge >= 0.3 is 0 Å². The maximum absolute atomic E-state index is 4.94. The van der Waals surface area contributed by atoms with E-state index < -0.39 is 0 Å². The van der Waals surface area contributed by atoms with E-state index in [-0.39, 0.29) is 6.04 Å². The van der Waals surface area contributed by atoms with Crippen LogP contribution < -0.4 is 10.4 Å². The molecule has 0 aromatic carbocycles. The van der Waals surface area contributed by atoms with E-state index in [9.17, 15) is 0 Å². The van der Waals surface area contributed by atoms with Crippen LogP contribution in [0, 0.1) is 12.8 Å². The molecule has 30 heavy (non-hydrogen) atoms. The van der Waals surface area contributed by atoms with Crippen LogP contribution >= 0.6 is 12.6 Å². The monoisotopic (exact) mass is 430 g/mol. The molecule has 1 aromatic heterocycles. The van der Waals surface area contributed by atoms with Crippen molar-refractivity contribution >= 4 is 30.5 Å². The van der Waals surface area contributed by atoms with Gasteiger partial charge in [0.25, 0.3) is 0 Å². The van der Waals surface area contributed by atoms with E-state index in [0.717, 1.165) is 61.4 Å². The molecule has 1 saturated carbocycles. The number of amidine groups is 1. The number of thiol groups is 1. The highest BCUT2D eigenvalue weighted by Gasteiger charge is 2.21. The van der Waals surface area contributed by atoms with Gasteiger partial charge in [0.05, 0.1) is 12.3 Å². The average Bonchev–Trinajstić information content (AvgIpc) is 3.56. The number of rotatable bonds is 13. The number of hydrazine groups is 1. The second kappa shape index (κ2) is 11.7. The first-order valence-electron chi connectivity index (χ1n) is 11.5. The Bertz CT molecular complexity index is 730. The molecule has 2 aliphatic rings. The summed E-state index contributed by atoms with van der Waals surface area (Å²) in [6.07, 6.45) is 11.7. The van der Waals surface area contributed by atoms with Crippen LogP contribution in [-0.4, -0.2) is 54.0 Å². The first kappa shape index (κ1) is 23.1. The van der Waals surface area contributed by atoms with Crippen molar-refractivity contribution in [2.24, 2.45) is 16.0 Å². The van der Waals surface area contributed by atoms with Crippen LogP contribution in [0.25, 0.3) is 0 Å². The number of aromatic nitrogens is 1. The summed E-state index contributed by atoms with van der Waals surface area (Å²) in [6, 6.07) is 4.33. The van der Waals surface area contributed by atoms with Gasteiger partial charge in [0, 0.05) is 32.3 Å². The largest absolute Gasteiger partial charge is 0.292 e. The van der Waals surface area contributed by atoms with Crippen LogP contribution in [0.4, 0.5) is 5.82 Å². The van der Waals surface area contributed by atoms with Crippen LogP contribution in [0.2, 0.25) is 0 Å². The van der Waals surface area contributed by atoms with Gasteiger partial charge in [-0.25, -0.2) is 10.4 Å². The molecule has 1 unspecified atom stereocenters. The Morgan fingerprint density at radius 2 is 2.00 bits per heavy atom. The molecule has 0 spiro atoms. The third-order valence-electron chi connectivity index (χ3n) is 5.90. The Hall–Kier alpha value is -1.60. The summed E-state index contributed by atoms with van der Waals surface area (Å²) in [6.45, 7) is 6.08. The molecule has 1 N–H and O–H groups in total. The summed E-state index contributed by atoms with van der Waals surface area (Å²) in [7, 11) is 1.95. The zero-order chi connectivity index (χ0) is 21.3. The van der Waals surface area contributed by atoms with E-state index >= 15 is 0 Å². The molecule has 1 aliphatic heterocycles. The van der Waals surface area contributed by atoms with Crippen molar-refractivity contribution in [3.05, 3.63) is 23.4 Å². The molecule has 3 rings (SSSR count). The maximum Gasteiger partial charge on any atom is 0.145 e. The number of hydrogen-bond acceptors (Lipinski definition) is 7. The van der Waals surface area contributed by atoms with Gasteiger partial charge in [-0.05, 0) is 56.4 Å². The van der Waals surface area contributed by atoms with Gasteiger partial charge in [0.1, 0.15) is 11.7 Å². The number of pyridine rings is 1. The minimum Gasteiger partial charge on any atom is -0.292 e. The lowest BCUT2D eigenvalue weighted by Gasteiger charge is -2.26. The second-order valence-electron chi connectivity index (χ2n) is 8.52. The van der Waals surface area contributed by atoms with Crippen molar-refractivity contribution in [1.29, 1.82) is 0 Å². The number of unbranched alkanes of at least 4 members (excludes halogenated alkanes) is 2. The number of anilines is 1. The summed E-state index contributed by atoms with van der Waals surface area (Å²) in [4.78, 5) is 9.82. The minimum absolute atomic E-state index is 0.0583. The van der Waals surface area contributed by atoms with E-state index in [2.05, 4.69) is 59.2 Å². The first-order chi connectivity index (χ1) is 14.6. The van der Waals surface area contributed by atoms with Crippen molar-refractivity contribution in [1.82, 2.24) is 15.4 Å². The molecular formula is C23H38N6S. The van der Waals surface area contributed by atoms with Gasteiger partial charge in [-0.2, -0.15) is 17.7 Å². The van der Waals surface area contributed by atoms with E-state index in [4.69, 9.17) is 9.98 Å². The number of aryl methyl sites for hydroxylation is 1. The molecule has 0 amide bonds. The molecule has 1 atom stereocenters. The molecule has 166 valence electrons. The predicted octanol–water partition coefficient (Wildman–Crippen LogP) is 4.25. The smallest absolute Gasteiger partial charge is 0.145 e. The third kappa shape index (κ3) is 6.98. The highest BCUT2D eigenvalue weighted by molar-refractivity contribution is 7.80. The molecular weight excluding hydrogens is 392 g/mol. The topological polar surface area (TPSA) is 56.1 Å². The Labute approximate surface area is 187 Å². The molecule has 0 bridgehead atoms. The van der Waals surface area contributed by atoms with Gasteiger partial charge in [-0.15, -0.1) is 0 Å². The molecule has 1 aliphatic carbocycles. The molecule has 0 radical (unpaired) electrons. The second-order valence-corrected chi connectivity index (χ2v) is 8.97. The Morgan fingerprint density at radius 1 is 1.17 bits per heavy atom. The standard InChI is InChI=1S/C23H38N6S/c1-18-9-12-21(27-23(18)29(24-3)14-6-7-15-30)16-22-17-25-28(19(2)26-22)13-5-4-8-20-10-11-20/h9,12,17,20,22,24,30H,4-8,10-11,13-16H2,1-3H3. The Kier molecular flexibility index (Phi) is 9.00. The lowest BCUT2D eigenvalue weighted by Crippen LogP contribution is -2.37. The highest BCUT2D eigenvalue weighted by Crippen LogP contribution is 2.33. The summed E-state index contributed by atoms with van der Waals surface area (Å²) in [5, 5.41) is 8.87. The zero-order valence-corrected chi connectivity index (χ0v) is 19.7. The summed E-state index contributed by atoms with van der Waals surface area (Å²) >= 11 is 4.31. The van der Waals surface area contributed by atoms with Crippen LogP contribution in [0.15, 0.2) is 22.2 Å². The zero-order valence-electron chi connectivity index (χ0n) is 18.8. The van der Waals surface area contributed by atoms with E-state index in [1.807, 2.05) is 13.3 Å². The van der Waals surface area contributed by atoms with Gasteiger partial charge in [-0.1, -0.05) is 31.7 Å². The van der Waals surface area contributed by atoms with Crippen molar-refractivity contribution in [3.8, 4) is 0 Å². The highest BCUT2D eigenvalue weighted by atomic mass is 32.1. The number of aliphatic imine (C=N–C) groups is 1. The minimum atomic E-state index is 0.0583. The summed E-state index contributed by atoms with van der Waals surface area (Å²) in [5.74, 6) is 3.95. The van der Waals surface area contributed by atoms with Gasteiger partial charge < -0.3 is 0 Å². The summed E-state index contributed by atoms with van der Waals surface area (Å²) < 4.78 is 0. The molecule has 0 saturated heterocycles. The van der Waals surface area contributed by atoms with Crippen molar-refractivity contribution in [2.45, 2.75) is 71.3 Å². The molecule has 6 nitrogen and oxygen atoms in total. The average molecular weight is 431 g/mol. The van der Waals surface area contributed by atoms with Gasteiger partial charge in [0.15, 0.2) is 0 Å². The van der Waals surface area contributed by atoms with Crippen molar-refractivity contribution in [2.75, 3.05) is 30.9 Å². The number of nitrogens with one attached hydrogen (secondary N) is 1. The van der Waals surface area contributed by atoms with Crippen LogP contribution in [0.1, 0.15) is 63.1 Å². The molecule has 1 aromatic rings. The SMILES string of the molecule is CNN(CCCCS)c1nc(CC2C=NN(CCCCC3CC3)C(C)=N2)ccc1C. The number of hydrazone groups is 1. The van der Waals surface area contributed by atoms with Crippen molar-refractivity contribution in [3.63, 3.8) is 0 Å². The lowest BCUT2D eigenvalue weighted by molar-refractivity contribution is 0.408. The summed E-state index contributed by atoms with van der Waals surface area (Å²) in [5.41, 5.74) is 5.51. The third-order valence-corrected chi connectivity index (χ3v) is 6.21. The van der Waals surface area contributed by atoms with E-state index in [1.54, 1.807) is 0 Å². The Balaban J connectivity index is 1.54. The molecule has 2 heterocycles. The predicted molar refractivity (Wildman–Crippen MR) is 131 cm³/mol. The maximum atomic E-state index is 4.94. The number of nitrogens with zero attached hydrogens (tertiary/aromatic N) is 5. The van der Waals surface area contributed by atoms with E-state index in [1.165, 1.54) is 37.7 Å². The van der Waals surface area contributed by atoms with Crippen LogP contribution in [0.5, 0.6) is 0 Å². The Morgan fingerprint density at radius 3 is 2.70 bits per heavy atom. The number of hydrogen-bond donors (Lipinski definition) is 2. The fraction of sp³-hybridized carbons (Fsp3) is 0.696. The van der Waals surface area contributed by atoms with Crippen LogP contribution in [0.3, 0.4) is 0 Å². The van der Waals surface area contributed by atoms with E-state index in [0.29, 0.717) is 0 Å². The fourth-order valence-electron chi connectivity index (χ4n) is 3.86. The van der Waals surface area contributed by atoms with Crippen LogP contribution in [-0.2, 0) is 6.42 Å².